The standard InChI is InChI=1S/C23H32N4O3S/c1-3-15(2)20(24)22(29)26-17-10-12-30-19(13-17)23-27-18(14-31-23)21(28)25-11-9-16-7-5-4-6-8-16/h4-8,14-15,17,19-20H,3,9-13,24H2,1-2H3,(H,25,28)(H,26,29)/t15-,17-,19+,20-/m0/s1. The molecule has 0 radical (unpaired) electrons. The van der Waals surface area contributed by atoms with Crippen LogP contribution in [0.15, 0.2) is 35.7 Å². The number of amides is 2. The van der Waals surface area contributed by atoms with Gasteiger partial charge in [-0.25, -0.2) is 4.98 Å². The lowest BCUT2D eigenvalue weighted by Gasteiger charge is -2.30. The number of ether oxygens (including phenoxy) is 1. The molecule has 1 aromatic carbocycles. The first kappa shape index (κ1) is 23.4. The number of nitrogens with zero attached hydrogens (tertiary/aromatic N) is 1. The van der Waals surface area contributed by atoms with E-state index in [0.717, 1.165) is 24.3 Å². The van der Waals surface area contributed by atoms with Gasteiger partial charge in [-0.2, -0.15) is 0 Å². The van der Waals surface area contributed by atoms with Crippen LogP contribution in [-0.4, -0.2) is 42.0 Å². The molecular weight excluding hydrogens is 412 g/mol. The van der Waals surface area contributed by atoms with Crippen molar-refractivity contribution >= 4 is 23.2 Å². The number of carbonyl (C=O) groups is 2. The summed E-state index contributed by atoms with van der Waals surface area (Å²) in [5.74, 6) is -0.159. The second-order valence-corrected chi connectivity index (χ2v) is 8.95. The van der Waals surface area contributed by atoms with Crippen molar-refractivity contribution in [1.29, 1.82) is 0 Å². The molecule has 1 saturated heterocycles. The highest BCUT2D eigenvalue weighted by molar-refractivity contribution is 7.09. The fraction of sp³-hybridized carbons (Fsp3) is 0.522. The molecule has 1 aromatic heterocycles. The Morgan fingerprint density at radius 2 is 2.10 bits per heavy atom. The van der Waals surface area contributed by atoms with Crippen molar-refractivity contribution in [3.8, 4) is 0 Å². The van der Waals surface area contributed by atoms with E-state index in [1.165, 1.54) is 16.9 Å². The molecule has 2 heterocycles. The summed E-state index contributed by atoms with van der Waals surface area (Å²) in [4.78, 5) is 29.3. The van der Waals surface area contributed by atoms with Gasteiger partial charge in [0.25, 0.3) is 5.91 Å². The highest BCUT2D eigenvalue weighted by Gasteiger charge is 2.29. The van der Waals surface area contributed by atoms with Crippen molar-refractivity contribution in [3.63, 3.8) is 0 Å². The van der Waals surface area contributed by atoms with Crippen LogP contribution in [0.4, 0.5) is 0 Å². The lowest BCUT2D eigenvalue weighted by Crippen LogP contribution is -2.49. The highest BCUT2D eigenvalue weighted by Crippen LogP contribution is 2.30. The number of benzene rings is 1. The molecule has 1 aliphatic rings. The van der Waals surface area contributed by atoms with E-state index < -0.39 is 6.04 Å². The molecule has 2 aromatic rings. The zero-order chi connectivity index (χ0) is 22.2. The van der Waals surface area contributed by atoms with Gasteiger partial charge < -0.3 is 21.1 Å². The minimum Gasteiger partial charge on any atom is -0.371 e. The van der Waals surface area contributed by atoms with Crippen LogP contribution in [0, 0.1) is 5.92 Å². The van der Waals surface area contributed by atoms with Crippen molar-refractivity contribution < 1.29 is 14.3 Å². The SMILES string of the molecule is CC[C@H](C)[C@H](N)C(=O)N[C@H]1CCO[C@@H](c2nc(C(=O)NCCc3ccccc3)cs2)C1. The molecule has 3 rings (SSSR count). The van der Waals surface area contributed by atoms with E-state index in [0.29, 0.717) is 25.3 Å². The lowest BCUT2D eigenvalue weighted by molar-refractivity contribution is -0.125. The number of hydrogen-bond acceptors (Lipinski definition) is 6. The molecule has 0 spiro atoms. The van der Waals surface area contributed by atoms with Crippen LogP contribution in [0.1, 0.15) is 60.3 Å². The topological polar surface area (TPSA) is 106 Å². The van der Waals surface area contributed by atoms with E-state index in [-0.39, 0.29) is 29.9 Å². The fourth-order valence-electron chi connectivity index (χ4n) is 3.51. The molecule has 31 heavy (non-hydrogen) atoms. The van der Waals surface area contributed by atoms with E-state index in [9.17, 15) is 9.59 Å². The van der Waals surface area contributed by atoms with Crippen molar-refractivity contribution in [2.75, 3.05) is 13.2 Å². The molecule has 7 nitrogen and oxygen atoms in total. The lowest BCUT2D eigenvalue weighted by atomic mass is 9.97. The van der Waals surface area contributed by atoms with Crippen molar-refractivity contribution in [1.82, 2.24) is 15.6 Å². The molecule has 0 aliphatic carbocycles. The monoisotopic (exact) mass is 444 g/mol. The predicted molar refractivity (Wildman–Crippen MR) is 122 cm³/mol. The maximum Gasteiger partial charge on any atom is 0.270 e. The Morgan fingerprint density at radius 3 is 2.84 bits per heavy atom. The van der Waals surface area contributed by atoms with Gasteiger partial charge in [0.15, 0.2) is 0 Å². The van der Waals surface area contributed by atoms with Gasteiger partial charge in [0.2, 0.25) is 5.91 Å². The van der Waals surface area contributed by atoms with Crippen molar-refractivity contribution in [2.45, 2.75) is 57.7 Å². The molecule has 4 atom stereocenters. The Balaban J connectivity index is 1.50. The van der Waals surface area contributed by atoms with Crippen LogP contribution in [0.3, 0.4) is 0 Å². The van der Waals surface area contributed by atoms with Gasteiger partial charge in [-0.15, -0.1) is 11.3 Å². The third-order valence-electron chi connectivity index (χ3n) is 5.76. The summed E-state index contributed by atoms with van der Waals surface area (Å²) in [7, 11) is 0. The maximum absolute atomic E-state index is 12.4. The summed E-state index contributed by atoms with van der Waals surface area (Å²) in [6.07, 6.45) is 2.78. The van der Waals surface area contributed by atoms with Gasteiger partial charge in [-0.1, -0.05) is 50.6 Å². The molecule has 2 amide bonds. The number of nitrogens with one attached hydrogen (secondary N) is 2. The molecule has 168 valence electrons. The van der Waals surface area contributed by atoms with E-state index in [1.807, 2.05) is 44.2 Å². The van der Waals surface area contributed by atoms with Crippen LogP contribution in [0.2, 0.25) is 0 Å². The number of hydrogen-bond donors (Lipinski definition) is 3. The Kier molecular flexibility index (Phi) is 8.57. The third kappa shape index (κ3) is 6.59. The van der Waals surface area contributed by atoms with Crippen molar-refractivity contribution in [3.05, 3.63) is 52.0 Å². The molecule has 8 heteroatoms. The molecule has 0 saturated carbocycles. The first-order chi connectivity index (χ1) is 15.0. The van der Waals surface area contributed by atoms with Crippen LogP contribution < -0.4 is 16.4 Å². The van der Waals surface area contributed by atoms with E-state index in [4.69, 9.17) is 10.5 Å². The quantitative estimate of drug-likeness (QED) is 0.551. The number of nitrogens with two attached hydrogens (primary N) is 1. The summed E-state index contributed by atoms with van der Waals surface area (Å²) >= 11 is 1.42. The van der Waals surface area contributed by atoms with Gasteiger partial charge in [0.1, 0.15) is 16.8 Å². The summed E-state index contributed by atoms with van der Waals surface area (Å²) in [5, 5.41) is 8.50. The smallest absolute Gasteiger partial charge is 0.270 e. The molecule has 1 aliphatic heterocycles. The minimum atomic E-state index is -0.502. The van der Waals surface area contributed by atoms with Gasteiger partial charge in [-0.05, 0) is 24.3 Å². The zero-order valence-electron chi connectivity index (χ0n) is 18.2. The van der Waals surface area contributed by atoms with Crippen molar-refractivity contribution in [2.24, 2.45) is 11.7 Å². The molecule has 4 N–H and O–H groups in total. The Hall–Kier alpha value is -2.29. The predicted octanol–water partition coefficient (Wildman–Crippen LogP) is 2.83. The number of carbonyl (C=O) groups excluding carboxylic acids is 2. The van der Waals surface area contributed by atoms with Crippen LogP contribution in [0.25, 0.3) is 0 Å². The van der Waals surface area contributed by atoms with Gasteiger partial charge in [0, 0.05) is 31.0 Å². The average molecular weight is 445 g/mol. The molecule has 0 unspecified atom stereocenters. The maximum atomic E-state index is 12.4. The highest BCUT2D eigenvalue weighted by atomic mass is 32.1. The summed E-state index contributed by atoms with van der Waals surface area (Å²) < 4.78 is 5.87. The van der Waals surface area contributed by atoms with Gasteiger partial charge in [-0.3, -0.25) is 9.59 Å². The summed E-state index contributed by atoms with van der Waals surface area (Å²) in [5.41, 5.74) is 7.63. The largest absolute Gasteiger partial charge is 0.371 e. The van der Waals surface area contributed by atoms with Crippen LogP contribution in [-0.2, 0) is 16.0 Å². The fourth-order valence-corrected chi connectivity index (χ4v) is 4.36. The normalized spacial score (nSPS) is 20.6. The zero-order valence-corrected chi connectivity index (χ0v) is 19.0. The second kappa shape index (κ2) is 11.4. The molecule has 0 bridgehead atoms. The average Bonchev–Trinajstić information content (AvgIpc) is 3.29. The Bertz CT molecular complexity index is 858. The number of thiazole rings is 1. The molecular formula is C23H32N4O3S. The minimum absolute atomic E-state index is 0.00611. The summed E-state index contributed by atoms with van der Waals surface area (Å²) in [6, 6.07) is 9.52. The Labute approximate surface area is 187 Å². The van der Waals surface area contributed by atoms with Gasteiger partial charge >= 0.3 is 0 Å². The molecule has 1 fully saturated rings. The van der Waals surface area contributed by atoms with Crippen LogP contribution in [0.5, 0.6) is 0 Å². The first-order valence-corrected chi connectivity index (χ1v) is 11.8. The van der Waals surface area contributed by atoms with Crippen LogP contribution >= 0.6 is 11.3 Å². The number of aromatic nitrogens is 1. The van der Waals surface area contributed by atoms with E-state index >= 15 is 0 Å². The van der Waals surface area contributed by atoms with E-state index in [2.05, 4.69) is 15.6 Å². The Morgan fingerprint density at radius 1 is 1.32 bits per heavy atom. The third-order valence-corrected chi connectivity index (χ3v) is 6.70. The second-order valence-electron chi connectivity index (χ2n) is 8.06. The number of rotatable bonds is 9. The first-order valence-electron chi connectivity index (χ1n) is 10.9. The summed E-state index contributed by atoms with van der Waals surface area (Å²) in [6.45, 7) is 5.10. The van der Waals surface area contributed by atoms with E-state index in [1.54, 1.807) is 5.38 Å². The van der Waals surface area contributed by atoms with Gasteiger partial charge in [0.05, 0.1) is 6.04 Å².